The molecule has 3 rings (SSSR count). The van der Waals surface area contributed by atoms with Gasteiger partial charge in [0.15, 0.2) is 0 Å². The van der Waals surface area contributed by atoms with E-state index in [1.165, 1.54) is 56.4 Å². The van der Waals surface area contributed by atoms with E-state index in [1.54, 1.807) is 12.5 Å². The second-order valence-electron chi connectivity index (χ2n) is 8.04. The van der Waals surface area contributed by atoms with E-state index in [1.807, 2.05) is 18.2 Å². The van der Waals surface area contributed by atoms with Crippen molar-refractivity contribution in [3.8, 4) is 0 Å². The van der Waals surface area contributed by atoms with Gasteiger partial charge in [-0.3, -0.25) is 4.72 Å². The fourth-order valence-corrected chi connectivity index (χ4v) is 5.15. The largest absolute Gasteiger partial charge is 1.00 e. The molecule has 162 valence electrons. The third-order valence-corrected chi connectivity index (χ3v) is 7.06. The van der Waals surface area contributed by atoms with Crippen molar-refractivity contribution in [3.05, 3.63) is 54.1 Å². The Labute approximate surface area is 234 Å². The van der Waals surface area contributed by atoms with Crippen molar-refractivity contribution < 1.29 is 71.4 Å². The summed E-state index contributed by atoms with van der Waals surface area (Å²) in [7, 11) is -3.73. The SMILES string of the molecule is CC(CC1CCCCC1)NCc1ccccc1NS(=O)(=O)c1ccc(N[C-]=O)cc1.[Rb+]. The quantitative estimate of drug-likeness (QED) is 0.331. The molecule has 31 heavy (non-hydrogen) atoms. The van der Waals surface area contributed by atoms with Crippen LogP contribution >= 0.6 is 0 Å². The van der Waals surface area contributed by atoms with Crippen LogP contribution in [0.2, 0.25) is 0 Å². The number of para-hydroxylation sites is 1. The number of amides is 1. The van der Waals surface area contributed by atoms with E-state index in [4.69, 9.17) is 0 Å². The van der Waals surface area contributed by atoms with Crippen molar-refractivity contribution in [2.45, 2.75) is 62.9 Å². The van der Waals surface area contributed by atoms with Gasteiger partial charge in [0.25, 0.3) is 10.0 Å². The van der Waals surface area contributed by atoms with Gasteiger partial charge in [-0.05, 0) is 30.9 Å². The normalized spacial score (nSPS) is 15.5. The fraction of sp³-hybridized carbons (Fsp3) is 0.435. The maximum absolute atomic E-state index is 12.8. The van der Waals surface area contributed by atoms with Crippen LogP contribution in [-0.4, -0.2) is 20.9 Å². The molecule has 8 heteroatoms. The van der Waals surface area contributed by atoms with E-state index in [0.717, 1.165) is 17.9 Å². The van der Waals surface area contributed by atoms with Crippen molar-refractivity contribution in [2.75, 3.05) is 10.0 Å². The van der Waals surface area contributed by atoms with Gasteiger partial charge in [0.2, 0.25) is 0 Å². The van der Waals surface area contributed by atoms with E-state index in [2.05, 4.69) is 22.3 Å². The van der Waals surface area contributed by atoms with Crippen LogP contribution < -0.4 is 73.5 Å². The third-order valence-electron chi connectivity index (χ3n) is 5.67. The summed E-state index contributed by atoms with van der Waals surface area (Å²) < 4.78 is 28.3. The first-order valence-corrected chi connectivity index (χ1v) is 12.0. The Bertz CT molecular complexity index is 929. The van der Waals surface area contributed by atoms with E-state index >= 15 is 0 Å². The Balaban J connectivity index is 0.00000341. The molecule has 1 atom stereocenters. The molecule has 2 aromatic rings. The monoisotopic (exact) mass is 513 g/mol. The number of hydrogen-bond acceptors (Lipinski definition) is 4. The predicted molar refractivity (Wildman–Crippen MR) is 121 cm³/mol. The van der Waals surface area contributed by atoms with E-state index < -0.39 is 10.0 Å². The minimum absolute atomic E-state index is 0. The number of sulfonamides is 1. The maximum Gasteiger partial charge on any atom is 1.00 e. The number of rotatable bonds is 10. The standard InChI is InChI=1S/C23H30N3O3S.Rb/c1-18(15-19-7-3-2-4-8-19)24-16-20-9-5-6-10-23(20)26-30(28,29)22-13-11-21(12-14-22)25-17-27;/h5-6,9-14,18-19,24,26H,2-4,7-8,15-16H2,1H3,(H,25,27);/q-1;+1. The maximum atomic E-state index is 12.8. The summed E-state index contributed by atoms with van der Waals surface area (Å²) in [6.07, 6.45) is 9.41. The van der Waals surface area contributed by atoms with E-state index in [0.29, 0.717) is 24.0 Å². The van der Waals surface area contributed by atoms with Crippen molar-refractivity contribution >= 4 is 27.8 Å². The first-order chi connectivity index (χ1) is 14.5. The first kappa shape index (κ1) is 26.7. The summed E-state index contributed by atoms with van der Waals surface area (Å²) in [5.41, 5.74) is 1.96. The summed E-state index contributed by atoms with van der Waals surface area (Å²) in [4.78, 5) is 10.5. The van der Waals surface area contributed by atoms with Crippen LogP contribution in [0.3, 0.4) is 0 Å². The molecule has 1 aliphatic carbocycles. The molecule has 0 heterocycles. The molecular formula is C23H30N3O3RbS. The van der Waals surface area contributed by atoms with Crippen molar-refractivity contribution in [1.29, 1.82) is 0 Å². The summed E-state index contributed by atoms with van der Waals surface area (Å²) >= 11 is 0. The number of benzene rings is 2. The van der Waals surface area contributed by atoms with Gasteiger partial charge >= 0.3 is 58.2 Å². The average Bonchev–Trinajstić information content (AvgIpc) is 2.74. The Morgan fingerprint density at radius 3 is 2.39 bits per heavy atom. The van der Waals surface area contributed by atoms with Crippen molar-refractivity contribution in [3.63, 3.8) is 0 Å². The van der Waals surface area contributed by atoms with Crippen LogP contribution in [0, 0.1) is 5.92 Å². The number of carbonyl (C=O) groups excluding carboxylic acids is 1. The molecule has 0 aliphatic heterocycles. The molecule has 0 spiro atoms. The molecule has 1 aliphatic rings. The van der Waals surface area contributed by atoms with Gasteiger partial charge in [0.05, 0.1) is 17.0 Å². The zero-order valence-electron chi connectivity index (χ0n) is 18.4. The first-order valence-electron chi connectivity index (χ1n) is 10.6. The van der Waals surface area contributed by atoms with Gasteiger partial charge in [0, 0.05) is 12.6 Å². The number of anilines is 2. The Kier molecular flexibility index (Phi) is 11.4. The van der Waals surface area contributed by atoms with Crippen LogP contribution in [0.15, 0.2) is 53.4 Å². The number of hydrogen-bond donors (Lipinski definition) is 3. The molecule has 6 nitrogen and oxygen atoms in total. The zero-order chi connectivity index (χ0) is 21.4. The summed E-state index contributed by atoms with van der Waals surface area (Å²) in [5.74, 6) is 0.796. The van der Waals surface area contributed by atoms with Gasteiger partial charge in [-0.15, -0.1) is 17.8 Å². The molecule has 3 N–H and O–H groups in total. The summed E-state index contributed by atoms with van der Waals surface area (Å²) in [6.45, 7) is 2.80. The molecule has 0 aromatic heterocycles. The molecule has 0 radical (unpaired) electrons. The minimum atomic E-state index is -3.73. The average molecular weight is 514 g/mol. The molecule has 0 bridgehead atoms. The van der Waals surface area contributed by atoms with E-state index in [-0.39, 0.29) is 63.1 Å². The molecule has 1 fully saturated rings. The van der Waals surface area contributed by atoms with Gasteiger partial charge in [-0.25, -0.2) is 8.42 Å². The Morgan fingerprint density at radius 1 is 1.03 bits per heavy atom. The molecule has 2 aromatic carbocycles. The second kappa shape index (κ2) is 13.2. The van der Waals surface area contributed by atoms with Crippen LogP contribution in [0.5, 0.6) is 0 Å². The van der Waals surface area contributed by atoms with Gasteiger partial charge < -0.3 is 15.4 Å². The van der Waals surface area contributed by atoms with Gasteiger partial charge in [-0.1, -0.05) is 62.4 Å². The van der Waals surface area contributed by atoms with Crippen LogP contribution in [0.25, 0.3) is 0 Å². The fourth-order valence-electron chi connectivity index (χ4n) is 4.04. The third kappa shape index (κ3) is 8.37. The molecule has 1 unspecified atom stereocenters. The van der Waals surface area contributed by atoms with Crippen LogP contribution in [0.1, 0.15) is 51.0 Å². The number of nitrogens with one attached hydrogen (secondary N) is 3. The van der Waals surface area contributed by atoms with Crippen molar-refractivity contribution in [2.24, 2.45) is 5.92 Å². The minimum Gasteiger partial charge on any atom is -0.490 e. The van der Waals surface area contributed by atoms with Gasteiger partial charge in [0.1, 0.15) is 0 Å². The molecular weight excluding hydrogens is 484 g/mol. The van der Waals surface area contributed by atoms with Crippen LogP contribution in [-0.2, 0) is 21.4 Å². The van der Waals surface area contributed by atoms with Crippen LogP contribution in [0.4, 0.5) is 11.4 Å². The predicted octanol–water partition coefficient (Wildman–Crippen LogP) is 1.42. The van der Waals surface area contributed by atoms with Crippen molar-refractivity contribution in [1.82, 2.24) is 5.32 Å². The second-order valence-corrected chi connectivity index (χ2v) is 9.72. The topological polar surface area (TPSA) is 87.3 Å². The van der Waals surface area contributed by atoms with E-state index in [9.17, 15) is 13.2 Å². The zero-order valence-corrected chi connectivity index (χ0v) is 24.1. The summed E-state index contributed by atoms with van der Waals surface area (Å²) in [6, 6.07) is 13.8. The summed E-state index contributed by atoms with van der Waals surface area (Å²) in [5, 5.41) is 5.93. The Morgan fingerprint density at radius 2 is 1.71 bits per heavy atom. The smallest absolute Gasteiger partial charge is 0.490 e. The molecule has 1 saturated carbocycles. The Hall–Kier alpha value is -0.575. The van der Waals surface area contributed by atoms with Gasteiger partial charge in [-0.2, -0.15) is 0 Å². The molecule has 0 saturated heterocycles. The molecule has 1 amide bonds.